The van der Waals surface area contributed by atoms with E-state index in [2.05, 4.69) is 4.90 Å². The number of benzene rings is 1. The maximum atomic E-state index is 11.9. The summed E-state index contributed by atoms with van der Waals surface area (Å²) in [6.07, 6.45) is 4.10. The molecule has 4 nitrogen and oxygen atoms in total. The Morgan fingerprint density at radius 3 is 2.48 bits per heavy atom. The first-order chi connectivity index (χ1) is 10.2. The van der Waals surface area contributed by atoms with Crippen LogP contribution in [-0.4, -0.2) is 43.7 Å². The standard InChI is InChI=1S/C17H25NO3/c1-14(13-18-10-4-3-5-11-18)21-17(19)12-15-6-8-16(20-2)9-7-15/h6-9,14H,3-5,10-13H2,1-2H3/t14-/m0/s1. The van der Waals surface area contributed by atoms with E-state index in [9.17, 15) is 4.79 Å². The first-order valence-corrected chi connectivity index (χ1v) is 7.72. The Morgan fingerprint density at radius 2 is 1.86 bits per heavy atom. The highest BCUT2D eigenvalue weighted by Crippen LogP contribution is 2.13. The molecule has 1 heterocycles. The minimum atomic E-state index is -0.162. The SMILES string of the molecule is COc1ccc(CC(=O)O[C@@H](C)CN2CCCCC2)cc1. The van der Waals surface area contributed by atoms with Crippen LogP contribution in [-0.2, 0) is 16.0 Å². The van der Waals surface area contributed by atoms with Crippen molar-refractivity contribution in [3.05, 3.63) is 29.8 Å². The van der Waals surface area contributed by atoms with Crippen molar-refractivity contribution in [3.8, 4) is 5.75 Å². The van der Waals surface area contributed by atoms with Crippen LogP contribution in [0, 0.1) is 0 Å². The van der Waals surface area contributed by atoms with E-state index in [0.717, 1.165) is 30.9 Å². The van der Waals surface area contributed by atoms with Crippen molar-refractivity contribution in [2.45, 2.75) is 38.7 Å². The van der Waals surface area contributed by atoms with E-state index in [-0.39, 0.29) is 12.1 Å². The molecule has 1 aromatic carbocycles. The third-order valence-corrected chi connectivity index (χ3v) is 3.80. The number of carbonyl (C=O) groups is 1. The van der Waals surface area contributed by atoms with Crippen LogP contribution < -0.4 is 4.74 Å². The maximum Gasteiger partial charge on any atom is 0.310 e. The number of piperidine rings is 1. The summed E-state index contributed by atoms with van der Waals surface area (Å²) in [7, 11) is 1.63. The largest absolute Gasteiger partial charge is 0.497 e. The molecule has 0 N–H and O–H groups in total. The van der Waals surface area contributed by atoms with Gasteiger partial charge in [-0.15, -0.1) is 0 Å². The van der Waals surface area contributed by atoms with Gasteiger partial charge < -0.3 is 9.47 Å². The molecule has 0 amide bonds. The molecule has 0 spiro atoms. The summed E-state index contributed by atoms with van der Waals surface area (Å²) in [5.74, 6) is 0.635. The number of rotatable bonds is 6. The molecular formula is C17H25NO3. The fraction of sp³-hybridized carbons (Fsp3) is 0.588. The predicted molar refractivity (Wildman–Crippen MR) is 82.5 cm³/mol. The normalized spacial score (nSPS) is 17.2. The average Bonchev–Trinajstić information content (AvgIpc) is 2.48. The Balaban J connectivity index is 1.74. The minimum absolute atomic E-state index is 0.0474. The van der Waals surface area contributed by atoms with Crippen LogP contribution in [0.5, 0.6) is 5.75 Å². The molecule has 0 radical (unpaired) electrons. The molecule has 0 bridgehead atoms. The smallest absolute Gasteiger partial charge is 0.310 e. The molecule has 1 saturated heterocycles. The third kappa shape index (κ3) is 5.38. The van der Waals surface area contributed by atoms with Crippen LogP contribution >= 0.6 is 0 Å². The number of carbonyl (C=O) groups excluding carboxylic acids is 1. The van der Waals surface area contributed by atoms with E-state index in [1.54, 1.807) is 7.11 Å². The predicted octanol–water partition coefficient (Wildman–Crippen LogP) is 2.66. The third-order valence-electron chi connectivity index (χ3n) is 3.80. The summed E-state index contributed by atoms with van der Waals surface area (Å²) in [5, 5.41) is 0. The molecule has 1 aromatic rings. The summed E-state index contributed by atoms with van der Waals surface area (Å²) < 4.78 is 10.6. The van der Waals surface area contributed by atoms with Gasteiger partial charge in [-0.25, -0.2) is 0 Å². The van der Waals surface area contributed by atoms with Crippen LogP contribution in [0.15, 0.2) is 24.3 Å². The van der Waals surface area contributed by atoms with Gasteiger partial charge in [0.1, 0.15) is 11.9 Å². The van der Waals surface area contributed by atoms with E-state index < -0.39 is 0 Å². The van der Waals surface area contributed by atoms with Gasteiger partial charge in [0.15, 0.2) is 0 Å². The number of esters is 1. The lowest BCUT2D eigenvalue weighted by atomic mass is 10.1. The fourth-order valence-corrected chi connectivity index (χ4v) is 2.72. The van der Waals surface area contributed by atoms with Crippen molar-refractivity contribution < 1.29 is 14.3 Å². The van der Waals surface area contributed by atoms with Crippen molar-refractivity contribution in [2.75, 3.05) is 26.7 Å². The minimum Gasteiger partial charge on any atom is -0.497 e. The zero-order chi connectivity index (χ0) is 15.1. The summed E-state index contributed by atoms with van der Waals surface area (Å²) >= 11 is 0. The van der Waals surface area contributed by atoms with Gasteiger partial charge in [-0.2, -0.15) is 0 Å². The van der Waals surface area contributed by atoms with Gasteiger partial charge in [-0.3, -0.25) is 9.69 Å². The van der Waals surface area contributed by atoms with Crippen molar-refractivity contribution in [3.63, 3.8) is 0 Å². The second kappa shape index (κ2) is 8.03. The molecule has 1 atom stereocenters. The molecule has 0 aromatic heterocycles. The number of hydrogen-bond donors (Lipinski definition) is 0. The van der Waals surface area contributed by atoms with Crippen LogP contribution in [0.3, 0.4) is 0 Å². The summed E-state index contributed by atoms with van der Waals surface area (Å²) in [6, 6.07) is 7.52. The highest BCUT2D eigenvalue weighted by atomic mass is 16.5. The molecule has 4 heteroatoms. The lowest BCUT2D eigenvalue weighted by Crippen LogP contribution is -2.37. The Hall–Kier alpha value is -1.55. The van der Waals surface area contributed by atoms with Gasteiger partial charge in [0, 0.05) is 6.54 Å². The van der Waals surface area contributed by atoms with E-state index in [4.69, 9.17) is 9.47 Å². The Morgan fingerprint density at radius 1 is 1.19 bits per heavy atom. The van der Waals surface area contributed by atoms with Gasteiger partial charge in [0.25, 0.3) is 0 Å². The van der Waals surface area contributed by atoms with Crippen LogP contribution in [0.1, 0.15) is 31.7 Å². The molecule has 1 aliphatic rings. The zero-order valence-corrected chi connectivity index (χ0v) is 13.0. The number of ether oxygens (including phenoxy) is 2. The van der Waals surface area contributed by atoms with E-state index in [0.29, 0.717) is 6.42 Å². The van der Waals surface area contributed by atoms with Gasteiger partial charge >= 0.3 is 5.97 Å². The Kier molecular flexibility index (Phi) is 6.05. The average molecular weight is 291 g/mol. The highest BCUT2D eigenvalue weighted by molar-refractivity contribution is 5.72. The number of likely N-dealkylation sites (tertiary alicyclic amines) is 1. The number of nitrogens with zero attached hydrogens (tertiary/aromatic N) is 1. The Bertz CT molecular complexity index is 438. The molecule has 0 saturated carbocycles. The van der Waals surface area contributed by atoms with Crippen LogP contribution in [0.2, 0.25) is 0 Å². The summed E-state index contributed by atoms with van der Waals surface area (Å²) in [5.41, 5.74) is 0.950. The monoisotopic (exact) mass is 291 g/mol. The Labute approximate surface area is 127 Å². The topological polar surface area (TPSA) is 38.8 Å². The van der Waals surface area contributed by atoms with Gasteiger partial charge in [0.2, 0.25) is 0 Å². The maximum absolute atomic E-state index is 11.9. The van der Waals surface area contributed by atoms with Crippen LogP contribution in [0.25, 0.3) is 0 Å². The number of hydrogen-bond acceptors (Lipinski definition) is 4. The summed E-state index contributed by atoms with van der Waals surface area (Å²) in [4.78, 5) is 14.3. The van der Waals surface area contributed by atoms with Crippen LogP contribution in [0.4, 0.5) is 0 Å². The first-order valence-electron chi connectivity index (χ1n) is 7.72. The highest BCUT2D eigenvalue weighted by Gasteiger charge is 2.16. The second-order valence-corrected chi connectivity index (χ2v) is 5.69. The van der Waals surface area contributed by atoms with Crippen molar-refractivity contribution in [2.24, 2.45) is 0 Å². The van der Waals surface area contributed by atoms with Crippen molar-refractivity contribution in [1.82, 2.24) is 4.90 Å². The fourth-order valence-electron chi connectivity index (χ4n) is 2.72. The molecule has 1 fully saturated rings. The molecule has 1 aliphatic heterocycles. The molecule has 21 heavy (non-hydrogen) atoms. The lowest BCUT2D eigenvalue weighted by molar-refractivity contribution is -0.148. The molecule has 0 unspecified atom stereocenters. The van der Waals surface area contributed by atoms with Crippen molar-refractivity contribution in [1.29, 1.82) is 0 Å². The first kappa shape index (κ1) is 15.8. The molecule has 2 rings (SSSR count). The van der Waals surface area contributed by atoms with E-state index in [1.807, 2.05) is 31.2 Å². The second-order valence-electron chi connectivity index (χ2n) is 5.69. The van der Waals surface area contributed by atoms with Gasteiger partial charge in [-0.05, 0) is 50.6 Å². The summed E-state index contributed by atoms with van der Waals surface area (Å²) in [6.45, 7) is 5.07. The molecule has 0 aliphatic carbocycles. The molecular weight excluding hydrogens is 266 g/mol. The lowest BCUT2D eigenvalue weighted by Gasteiger charge is -2.28. The zero-order valence-electron chi connectivity index (χ0n) is 13.0. The molecule has 116 valence electrons. The number of methoxy groups -OCH3 is 1. The van der Waals surface area contributed by atoms with E-state index in [1.165, 1.54) is 19.3 Å². The van der Waals surface area contributed by atoms with E-state index >= 15 is 0 Å². The van der Waals surface area contributed by atoms with Crippen molar-refractivity contribution >= 4 is 5.97 Å². The quantitative estimate of drug-likeness (QED) is 0.755. The van der Waals surface area contributed by atoms with Gasteiger partial charge in [0.05, 0.1) is 13.5 Å². The van der Waals surface area contributed by atoms with Gasteiger partial charge in [-0.1, -0.05) is 18.6 Å².